The lowest BCUT2D eigenvalue weighted by Gasteiger charge is -2.30. The number of hydrogen-bond acceptors (Lipinski definition) is 5. The lowest BCUT2D eigenvalue weighted by atomic mass is 9.97. The molecule has 0 spiro atoms. The number of fused-ring (bicyclic) bond motifs is 3. The number of rotatable bonds is 3. The summed E-state index contributed by atoms with van der Waals surface area (Å²) >= 11 is 5.71. The van der Waals surface area contributed by atoms with Crippen LogP contribution in [0.15, 0.2) is 30.3 Å². The van der Waals surface area contributed by atoms with E-state index < -0.39 is 0 Å². The van der Waals surface area contributed by atoms with Gasteiger partial charge in [0.2, 0.25) is 4.77 Å². The van der Waals surface area contributed by atoms with Crippen LogP contribution in [-0.4, -0.2) is 45.2 Å². The molecule has 1 aliphatic rings. The van der Waals surface area contributed by atoms with Crippen LogP contribution in [0.3, 0.4) is 0 Å². The van der Waals surface area contributed by atoms with Crippen molar-refractivity contribution < 1.29 is 9.53 Å². The molecule has 4 rings (SSSR count). The highest BCUT2D eigenvalue weighted by Gasteiger charge is 2.26. The summed E-state index contributed by atoms with van der Waals surface area (Å²) in [5, 5.41) is 5.92. The molecule has 1 saturated heterocycles. The van der Waals surface area contributed by atoms with Gasteiger partial charge in [-0.15, -0.1) is 0 Å². The van der Waals surface area contributed by atoms with E-state index in [9.17, 15) is 4.79 Å². The van der Waals surface area contributed by atoms with Gasteiger partial charge in [-0.2, -0.15) is 5.10 Å². The zero-order chi connectivity index (χ0) is 18.3. The van der Waals surface area contributed by atoms with Crippen molar-refractivity contribution in [1.82, 2.24) is 19.1 Å². The zero-order valence-electron chi connectivity index (χ0n) is 15.0. The van der Waals surface area contributed by atoms with Crippen molar-refractivity contribution in [1.29, 1.82) is 0 Å². The summed E-state index contributed by atoms with van der Waals surface area (Å²) in [7, 11) is 1.46. The van der Waals surface area contributed by atoms with E-state index in [0.29, 0.717) is 11.4 Å². The Morgan fingerprint density at radius 3 is 2.77 bits per heavy atom. The maximum absolute atomic E-state index is 11.7. The van der Waals surface area contributed by atoms with Crippen LogP contribution in [0, 0.1) is 17.6 Å². The molecule has 0 bridgehead atoms. The fraction of sp³-hybridized carbons (Fsp3) is 0.421. The number of para-hydroxylation sites is 1. The standard InChI is InChI=1S/C19H22N4O2S/c1-13-11-17-20-22(12-21-9-7-14(8-10-21)18(24)25-2)19(26)23(17)16-6-4-3-5-15(13)16/h3-6,11,14H,7-10,12H2,1-2H3. The average molecular weight is 370 g/mol. The Balaban J connectivity index is 1.63. The first-order valence-electron chi connectivity index (χ1n) is 8.86. The Morgan fingerprint density at radius 2 is 2.04 bits per heavy atom. The second-order valence-corrected chi connectivity index (χ2v) is 7.24. The van der Waals surface area contributed by atoms with Crippen molar-refractivity contribution in [3.05, 3.63) is 40.7 Å². The minimum absolute atomic E-state index is 0.0110. The summed E-state index contributed by atoms with van der Waals surface area (Å²) in [5.74, 6) is -0.0900. The number of piperidine rings is 1. The van der Waals surface area contributed by atoms with Gasteiger partial charge in [0.15, 0.2) is 5.65 Å². The number of hydrogen-bond donors (Lipinski definition) is 0. The molecule has 0 amide bonds. The van der Waals surface area contributed by atoms with E-state index in [1.54, 1.807) is 0 Å². The maximum atomic E-state index is 11.7. The number of benzene rings is 1. The van der Waals surface area contributed by atoms with E-state index in [0.717, 1.165) is 37.1 Å². The Bertz CT molecular complexity index is 1030. The number of esters is 1. The average Bonchev–Trinajstić information content (AvgIpc) is 2.97. The number of likely N-dealkylation sites (tertiary alicyclic amines) is 1. The molecule has 2 aromatic heterocycles. The van der Waals surface area contributed by atoms with E-state index in [4.69, 9.17) is 22.1 Å². The fourth-order valence-corrected chi connectivity index (χ4v) is 4.07. The van der Waals surface area contributed by atoms with Gasteiger partial charge in [0.25, 0.3) is 0 Å². The van der Waals surface area contributed by atoms with Gasteiger partial charge in [-0.25, -0.2) is 4.68 Å². The Labute approximate surface area is 157 Å². The van der Waals surface area contributed by atoms with Crippen LogP contribution in [0.2, 0.25) is 0 Å². The van der Waals surface area contributed by atoms with Crippen LogP contribution in [0.4, 0.5) is 0 Å². The molecule has 0 saturated carbocycles. The third kappa shape index (κ3) is 2.91. The number of ether oxygens (including phenoxy) is 1. The first kappa shape index (κ1) is 17.2. The van der Waals surface area contributed by atoms with Crippen molar-refractivity contribution in [3.63, 3.8) is 0 Å². The molecular weight excluding hydrogens is 348 g/mol. The highest BCUT2D eigenvalue weighted by Crippen LogP contribution is 2.22. The number of aromatic nitrogens is 3. The normalized spacial score (nSPS) is 16.4. The quantitative estimate of drug-likeness (QED) is 0.524. The second kappa shape index (κ2) is 6.81. The van der Waals surface area contributed by atoms with Crippen LogP contribution in [0.25, 0.3) is 16.6 Å². The summed E-state index contributed by atoms with van der Waals surface area (Å²) in [6, 6.07) is 10.3. The van der Waals surface area contributed by atoms with Crippen molar-refractivity contribution in [2.75, 3.05) is 20.2 Å². The number of carbonyl (C=O) groups excluding carboxylic acids is 1. The topological polar surface area (TPSA) is 51.8 Å². The Hall–Kier alpha value is -2.25. The van der Waals surface area contributed by atoms with Crippen LogP contribution < -0.4 is 0 Å². The minimum atomic E-state index is -0.101. The van der Waals surface area contributed by atoms with E-state index in [1.165, 1.54) is 18.1 Å². The lowest BCUT2D eigenvalue weighted by molar-refractivity contribution is -0.147. The number of pyridine rings is 1. The van der Waals surface area contributed by atoms with Gasteiger partial charge in [0.1, 0.15) is 0 Å². The van der Waals surface area contributed by atoms with Crippen molar-refractivity contribution >= 4 is 34.7 Å². The molecule has 0 radical (unpaired) electrons. The second-order valence-electron chi connectivity index (χ2n) is 6.88. The SMILES string of the molecule is COC(=O)C1CCN(Cn2nc3cc(C)c4ccccc4n3c2=S)CC1. The highest BCUT2D eigenvalue weighted by atomic mass is 32.1. The number of aryl methyl sites for hydroxylation is 1. The van der Waals surface area contributed by atoms with Gasteiger partial charge < -0.3 is 4.74 Å². The molecule has 0 aliphatic carbocycles. The van der Waals surface area contributed by atoms with Crippen LogP contribution in [-0.2, 0) is 16.2 Å². The van der Waals surface area contributed by atoms with Gasteiger partial charge in [-0.1, -0.05) is 18.2 Å². The minimum Gasteiger partial charge on any atom is -0.469 e. The lowest BCUT2D eigenvalue weighted by Crippen LogP contribution is -2.38. The van der Waals surface area contributed by atoms with Crippen molar-refractivity contribution in [2.45, 2.75) is 26.4 Å². The molecule has 0 N–H and O–H groups in total. The van der Waals surface area contributed by atoms with Crippen molar-refractivity contribution in [3.8, 4) is 0 Å². The number of methoxy groups -OCH3 is 1. The molecule has 6 nitrogen and oxygen atoms in total. The van der Waals surface area contributed by atoms with E-state index in [1.807, 2.05) is 21.2 Å². The summed E-state index contributed by atoms with van der Waals surface area (Å²) < 4.78 is 9.48. The number of nitrogens with zero attached hydrogens (tertiary/aromatic N) is 4. The molecule has 7 heteroatoms. The molecule has 1 aliphatic heterocycles. The first-order valence-corrected chi connectivity index (χ1v) is 9.27. The van der Waals surface area contributed by atoms with Gasteiger partial charge in [-0.3, -0.25) is 14.1 Å². The van der Waals surface area contributed by atoms with Gasteiger partial charge in [0.05, 0.1) is 25.2 Å². The smallest absolute Gasteiger partial charge is 0.308 e. The van der Waals surface area contributed by atoms with Gasteiger partial charge >= 0.3 is 5.97 Å². The zero-order valence-corrected chi connectivity index (χ0v) is 15.8. The highest BCUT2D eigenvalue weighted by molar-refractivity contribution is 7.71. The van der Waals surface area contributed by atoms with E-state index in [-0.39, 0.29) is 11.9 Å². The van der Waals surface area contributed by atoms with Crippen LogP contribution >= 0.6 is 12.2 Å². The first-order chi connectivity index (χ1) is 12.6. The predicted molar refractivity (Wildman–Crippen MR) is 103 cm³/mol. The maximum Gasteiger partial charge on any atom is 0.308 e. The Morgan fingerprint density at radius 1 is 1.31 bits per heavy atom. The third-order valence-corrected chi connectivity index (χ3v) is 5.63. The van der Waals surface area contributed by atoms with Crippen LogP contribution in [0.5, 0.6) is 0 Å². The van der Waals surface area contributed by atoms with Crippen LogP contribution in [0.1, 0.15) is 18.4 Å². The Kier molecular flexibility index (Phi) is 4.50. The molecule has 1 aromatic carbocycles. The summed E-state index contributed by atoms with van der Waals surface area (Å²) in [6.45, 7) is 4.42. The molecule has 26 heavy (non-hydrogen) atoms. The van der Waals surface area contributed by atoms with Gasteiger partial charge in [-0.05, 0) is 49.7 Å². The molecule has 136 valence electrons. The molecule has 3 heterocycles. The largest absolute Gasteiger partial charge is 0.469 e. The molecule has 3 aromatic rings. The summed E-state index contributed by atoms with van der Waals surface area (Å²) in [6.07, 6.45) is 1.63. The van der Waals surface area contributed by atoms with Crippen molar-refractivity contribution in [2.24, 2.45) is 5.92 Å². The molecule has 0 atom stereocenters. The monoisotopic (exact) mass is 370 g/mol. The third-order valence-electron chi connectivity index (χ3n) is 5.24. The van der Waals surface area contributed by atoms with E-state index in [2.05, 4.69) is 30.0 Å². The van der Waals surface area contributed by atoms with E-state index >= 15 is 0 Å². The summed E-state index contributed by atoms with van der Waals surface area (Å²) in [4.78, 5) is 14.0. The van der Waals surface area contributed by atoms with Gasteiger partial charge in [0, 0.05) is 18.5 Å². The number of carbonyl (C=O) groups is 1. The summed E-state index contributed by atoms with van der Waals surface area (Å²) in [5.41, 5.74) is 3.15. The fourth-order valence-electron chi connectivity index (χ4n) is 3.78. The molecular formula is C19H22N4O2S. The molecule has 1 fully saturated rings. The predicted octanol–water partition coefficient (Wildman–Crippen LogP) is 3.17. The molecule has 0 unspecified atom stereocenters.